The minimum Gasteiger partial charge on any atom is -0.477 e. The number of aromatic nitrogens is 3. The van der Waals surface area contributed by atoms with Crippen molar-refractivity contribution in [1.29, 1.82) is 0 Å². The van der Waals surface area contributed by atoms with Crippen LogP contribution in [0, 0.1) is 0 Å². The number of alkyl halides is 3. The van der Waals surface area contributed by atoms with Crippen molar-refractivity contribution in [2.75, 3.05) is 5.73 Å². The number of carboxylic acid groups (broad SMARTS) is 1. The largest absolute Gasteiger partial charge is 0.477 e. The Morgan fingerprint density at radius 2 is 2.05 bits per heavy atom. The number of fused-ring (bicyclic) bond motifs is 1. The van der Waals surface area contributed by atoms with Crippen molar-refractivity contribution < 1.29 is 27.6 Å². The van der Waals surface area contributed by atoms with Crippen molar-refractivity contribution in [3.8, 4) is 5.69 Å². The molecule has 0 unspecified atom stereocenters. The molecule has 3 rings (SSSR count). The maximum atomic E-state index is 12.7. The van der Waals surface area contributed by atoms with E-state index in [0.717, 1.165) is 0 Å². The molecule has 0 aliphatic carbocycles. The first-order valence-corrected chi connectivity index (χ1v) is 5.83. The van der Waals surface area contributed by atoms with Crippen LogP contribution in [-0.4, -0.2) is 26.0 Å². The maximum Gasteiger partial charge on any atom is 0.435 e. The molecule has 0 radical (unpaired) electrons. The van der Waals surface area contributed by atoms with Gasteiger partial charge in [-0.15, -0.1) is 0 Å². The number of anilines is 1. The average molecular weight is 312 g/mol. The van der Waals surface area contributed by atoms with E-state index in [-0.39, 0.29) is 11.5 Å². The summed E-state index contributed by atoms with van der Waals surface area (Å²) >= 11 is 0. The molecule has 0 fully saturated rings. The third-order valence-corrected chi connectivity index (χ3v) is 2.94. The summed E-state index contributed by atoms with van der Waals surface area (Å²) in [6, 6.07) is 4.57. The average Bonchev–Trinajstić information content (AvgIpc) is 3.02. The highest BCUT2D eigenvalue weighted by molar-refractivity contribution is 5.90. The molecule has 3 aromatic rings. The Hall–Kier alpha value is -3.04. The van der Waals surface area contributed by atoms with Gasteiger partial charge < -0.3 is 15.4 Å². The minimum atomic E-state index is -4.75. The molecule has 2 aromatic heterocycles. The number of rotatable bonds is 2. The quantitative estimate of drug-likeness (QED) is 0.752. The van der Waals surface area contributed by atoms with Gasteiger partial charge in [0.15, 0.2) is 22.8 Å². The van der Waals surface area contributed by atoms with Gasteiger partial charge in [0.2, 0.25) is 0 Å². The topological polar surface area (TPSA) is 107 Å². The van der Waals surface area contributed by atoms with E-state index in [9.17, 15) is 18.0 Å². The normalized spacial score (nSPS) is 12.0. The highest BCUT2D eigenvalue weighted by Gasteiger charge is 2.36. The molecular weight excluding hydrogens is 305 g/mol. The molecule has 22 heavy (non-hydrogen) atoms. The van der Waals surface area contributed by atoms with Gasteiger partial charge >= 0.3 is 12.1 Å². The van der Waals surface area contributed by atoms with Crippen molar-refractivity contribution in [2.45, 2.75) is 6.18 Å². The zero-order chi connectivity index (χ0) is 16.1. The lowest BCUT2D eigenvalue weighted by atomic mass is 10.2. The Balaban J connectivity index is 2.22. The Morgan fingerprint density at radius 1 is 1.32 bits per heavy atom. The van der Waals surface area contributed by atoms with Gasteiger partial charge in [-0.2, -0.15) is 18.3 Å². The standard InChI is InChI=1S/C12H7F3N4O3/c13-12(14,15)9-4-7(11(20)21)19(17-9)5-1-2-8-6(3-5)10(16)18-22-8/h1-4H,(H2,16,18)(H,20,21). The van der Waals surface area contributed by atoms with Gasteiger partial charge in [-0.1, -0.05) is 5.16 Å². The molecule has 0 aliphatic heterocycles. The first-order chi connectivity index (χ1) is 10.3. The first-order valence-electron chi connectivity index (χ1n) is 5.83. The minimum absolute atomic E-state index is 0.0388. The summed E-state index contributed by atoms with van der Waals surface area (Å²) in [4.78, 5) is 11.1. The molecule has 3 N–H and O–H groups in total. The Labute approximate surface area is 119 Å². The second-order valence-corrected chi connectivity index (χ2v) is 4.38. The number of nitrogens with two attached hydrogens (primary N) is 1. The van der Waals surface area contributed by atoms with Crippen LogP contribution >= 0.6 is 0 Å². The van der Waals surface area contributed by atoms with Crippen LogP contribution in [0.4, 0.5) is 19.0 Å². The SMILES string of the molecule is Nc1noc2ccc(-n3nc(C(F)(F)F)cc3C(=O)O)cc12. The fourth-order valence-corrected chi connectivity index (χ4v) is 1.95. The third kappa shape index (κ3) is 2.14. The van der Waals surface area contributed by atoms with E-state index < -0.39 is 23.5 Å². The number of hydrogen-bond donors (Lipinski definition) is 2. The molecule has 0 saturated heterocycles. The summed E-state index contributed by atoms with van der Waals surface area (Å²) in [6.07, 6.45) is -4.75. The van der Waals surface area contributed by atoms with Crippen LogP contribution in [0.15, 0.2) is 28.8 Å². The Bertz CT molecular complexity index is 881. The number of aromatic carboxylic acids is 1. The van der Waals surface area contributed by atoms with Crippen molar-refractivity contribution in [3.63, 3.8) is 0 Å². The number of halogens is 3. The Kier molecular flexibility index (Phi) is 2.83. The number of benzene rings is 1. The molecule has 0 amide bonds. The summed E-state index contributed by atoms with van der Waals surface area (Å²) in [5.41, 5.74) is 4.05. The molecule has 0 aliphatic rings. The van der Waals surface area contributed by atoms with Crippen molar-refractivity contribution in [3.05, 3.63) is 35.7 Å². The molecule has 2 heterocycles. The Morgan fingerprint density at radius 3 is 2.68 bits per heavy atom. The second kappa shape index (κ2) is 4.48. The lowest BCUT2D eigenvalue weighted by molar-refractivity contribution is -0.141. The molecule has 114 valence electrons. The van der Waals surface area contributed by atoms with Gasteiger partial charge in [0, 0.05) is 6.07 Å². The number of nitrogens with zero attached hydrogens (tertiary/aromatic N) is 3. The molecule has 0 spiro atoms. The van der Waals surface area contributed by atoms with Crippen molar-refractivity contribution >= 4 is 22.8 Å². The van der Waals surface area contributed by atoms with Crippen LogP contribution in [0.1, 0.15) is 16.2 Å². The fraction of sp³-hybridized carbons (Fsp3) is 0.0833. The van der Waals surface area contributed by atoms with Gasteiger partial charge in [-0.3, -0.25) is 0 Å². The summed E-state index contributed by atoms with van der Waals surface area (Å²) in [7, 11) is 0. The lowest BCUT2D eigenvalue weighted by Crippen LogP contribution is -2.09. The highest BCUT2D eigenvalue weighted by Crippen LogP contribution is 2.30. The van der Waals surface area contributed by atoms with Crippen LogP contribution < -0.4 is 5.73 Å². The smallest absolute Gasteiger partial charge is 0.435 e. The van der Waals surface area contributed by atoms with Crippen LogP contribution in [0.3, 0.4) is 0 Å². The second-order valence-electron chi connectivity index (χ2n) is 4.38. The van der Waals surface area contributed by atoms with Gasteiger partial charge in [-0.05, 0) is 18.2 Å². The van der Waals surface area contributed by atoms with Gasteiger partial charge in [0.1, 0.15) is 0 Å². The van der Waals surface area contributed by atoms with Crippen LogP contribution in [0.5, 0.6) is 0 Å². The van der Waals surface area contributed by atoms with E-state index in [2.05, 4.69) is 10.3 Å². The predicted octanol–water partition coefficient (Wildman–Crippen LogP) is 2.31. The monoisotopic (exact) mass is 312 g/mol. The third-order valence-electron chi connectivity index (χ3n) is 2.94. The number of carbonyl (C=O) groups is 1. The number of carboxylic acids is 1. The summed E-state index contributed by atoms with van der Waals surface area (Å²) in [5.74, 6) is -1.50. The van der Waals surface area contributed by atoms with E-state index in [4.69, 9.17) is 15.4 Å². The van der Waals surface area contributed by atoms with Crippen molar-refractivity contribution in [2.24, 2.45) is 0 Å². The molecule has 7 nitrogen and oxygen atoms in total. The molecular formula is C12H7F3N4O3. The zero-order valence-corrected chi connectivity index (χ0v) is 10.6. The van der Waals surface area contributed by atoms with Gasteiger partial charge in [-0.25, -0.2) is 9.48 Å². The van der Waals surface area contributed by atoms with Gasteiger partial charge in [0.05, 0.1) is 11.1 Å². The predicted molar refractivity (Wildman–Crippen MR) is 67.5 cm³/mol. The summed E-state index contributed by atoms with van der Waals surface area (Å²) < 4.78 is 43.7. The fourth-order valence-electron chi connectivity index (χ4n) is 1.95. The van der Waals surface area contributed by atoms with E-state index in [1.165, 1.54) is 18.2 Å². The highest BCUT2D eigenvalue weighted by atomic mass is 19.4. The molecule has 0 bridgehead atoms. The van der Waals surface area contributed by atoms with E-state index >= 15 is 0 Å². The molecule has 1 aromatic carbocycles. The maximum absolute atomic E-state index is 12.7. The lowest BCUT2D eigenvalue weighted by Gasteiger charge is -2.04. The van der Waals surface area contributed by atoms with Crippen molar-refractivity contribution in [1.82, 2.24) is 14.9 Å². The van der Waals surface area contributed by atoms with Crippen LogP contribution in [0.25, 0.3) is 16.7 Å². The first kappa shape index (κ1) is 13.9. The summed E-state index contributed by atoms with van der Waals surface area (Å²) in [5, 5.41) is 16.2. The van der Waals surface area contributed by atoms with Crippen LogP contribution in [0.2, 0.25) is 0 Å². The van der Waals surface area contributed by atoms with Crippen LogP contribution in [-0.2, 0) is 6.18 Å². The number of nitrogen functional groups attached to an aromatic ring is 1. The summed E-state index contributed by atoms with van der Waals surface area (Å²) in [6.45, 7) is 0. The van der Waals surface area contributed by atoms with E-state index in [1.54, 1.807) is 0 Å². The van der Waals surface area contributed by atoms with E-state index in [1.807, 2.05) is 0 Å². The molecule has 0 saturated carbocycles. The zero-order valence-electron chi connectivity index (χ0n) is 10.6. The van der Waals surface area contributed by atoms with Gasteiger partial charge in [0.25, 0.3) is 0 Å². The van der Waals surface area contributed by atoms with E-state index in [0.29, 0.717) is 21.7 Å². The molecule has 0 atom stereocenters. The number of hydrogen-bond acceptors (Lipinski definition) is 5. The molecule has 10 heteroatoms.